The molecule has 1 aliphatic heterocycles. The van der Waals surface area contributed by atoms with Crippen molar-refractivity contribution in [2.75, 3.05) is 6.61 Å². The predicted octanol–water partition coefficient (Wildman–Crippen LogP) is 3.74. The molecule has 3 atom stereocenters. The topological polar surface area (TPSA) is 9.23 Å². The van der Waals surface area contributed by atoms with Gasteiger partial charge in [-0.3, -0.25) is 0 Å². The van der Waals surface area contributed by atoms with Crippen LogP contribution in [0.15, 0.2) is 0 Å². The first-order valence-corrected chi connectivity index (χ1v) is 6.54. The van der Waals surface area contributed by atoms with Crippen LogP contribution < -0.4 is 0 Å². The highest BCUT2D eigenvalue weighted by Crippen LogP contribution is 2.33. The molecular formula is C12H21ClO. The molecule has 0 amide bonds. The van der Waals surface area contributed by atoms with E-state index in [2.05, 4.69) is 0 Å². The molecule has 0 spiro atoms. The lowest BCUT2D eigenvalue weighted by Gasteiger charge is -2.11. The second-order valence-corrected chi connectivity index (χ2v) is 5.46. The maximum Gasteiger partial charge on any atom is 0.0576 e. The van der Waals surface area contributed by atoms with E-state index in [1.165, 1.54) is 51.4 Å². The third-order valence-corrected chi connectivity index (χ3v) is 4.04. The molecule has 2 aliphatic rings. The molecule has 1 nitrogen and oxygen atoms in total. The van der Waals surface area contributed by atoms with Crippen molar-refractivity contribution in [1.29, 1.82) is 0 Å². The third kappa shape index (κ3) is 3.13. The summed E-state index contributed by atoms with van der Waals surface area (Å²) < 4.78 is 5.61. The Hall–Kier alpha value is 0.250. The zero-order valence-corrected chi connectivity index (χ0v) is 9.64. The predicted molar refractivity (Wildman–Crippen MR) is 59.8 cm³/mol. The minimum Gasteiger partial charge on any atom is -0.378 e. The molecule has 82 valence electrons. The molecule has 2 rings (SSSR count). The minimum atomic E-state index is 0.475. The van der Waals surface area contributed by atoms with E-state index in [0.29, 0.717) is 11.5 Å². The lowest BCUT2D eigenvalue weighted by Crippen LogP contribution is -2.05. The van der Waals surface area contributed by atoms with Crippen LogP contribution in [-0.2, 0) is 4.74 Å². The first-order chi connectivity index (χ1) is 6.84. The highest BCUT2D eigenvalue weighted by Gasteiger charge is 2.23. The maximum absolute atomic E-state index is 6.09. The van der Waals surface area contributed by atoms with Gasteiger partial charge < -0.3 is 4.74 Å². The first kappa shape index (κ1) is 10.8. The minimum absolute atomic E-state index is 0.475. The van der Waals surface area contributed by atoms with Gasteiger partial charge in [-0.05, 0) is 44.4 Å². The smallest absolute Gasteiger partial charge is 0.0576 e. The normalized spacial score (nSPS) is 37.9. The van der Waals surface area contributed by atoms with Crippen LogP contribution in [0.1, 0.15) is 51.4 Å². The van der Waals surface area contributed by atoms with E-state index in [1.54, 1.807) is 0 Å². The standard InChI is InChI=1S/C12H21ClO/c13-11-7-6-10(9-11)3-1-4-12-5-2-8-14-12/h10-12H,1-9H2. The summed E-state index contributed by atoms with van der Waals surface area (Å²) in [4.78, 5) is 0. The Morgan fingerprint density at radius 2 is 2.07 bits per heavy atom. The number of hydrogen-bond acceptors (Lipinski definition) is 1. The van der Waals surface area contributed by atoms with E-state index in [-0.39, 0.29) is 0 Å². The van der Waals surface area contributed by atoms with Gasteiger partial charge in [0.05, 0.1) is 6.10 Å². The quantitative estimate of drug-likeness (QED) is 0.651. The van der Waals surface area contributed by atoms with Crippen molar-refractivity contribution in [3.8, 4) is 0 Å². The summed E-state index contributed by atoms with van der Waals surface area (Å²) >= 11 is 6.09. The lowest BCUT2D eigenvalue weighted by atomic mass is 9.99. The third-order valence-electron chi connectivity index (χ3n) is 3.64. The van der Waals surface area contributed by atoms with Gasteiger partial charge in [-0.15, -0.1) is 11.6 Å². The summed E-state index contributed by atoms with van der Waals surface area (Å²) in [5, 5.41) is 0.475. The van der Waals surface area contributed by atoms with Crippen LogP contribution in [0.25, 0.3) is 0 Å². The summed E-state index contributed by atoms with van der Waals surface area (Å²) in [5.41, 5.74) is 0. The Bertz CT molecular complexity index is 166. The molecule has 0 radical (unpaired) electrons. The molecule has 2 heteroatoms. The summed E-state index contributed by atoms with van der Waals surface area (Å²) in [6, 6.07) is 0. The van der Waals surface area contributed by atoms with Crippen molar-refractivity contribution >= 4 is 11.6 Å². The van der Waals surface area contributed by atoms with E-state index in [0.717, 1.165) is 12.5 Å². The van der Waals surface area contributed by atoms with Gasteiger partial charge in [-0.1, -0.05) is 12.8 Å². The molecule has 0 N–H and O–H groups in total. The Labute approximate surface area is 92.2 Å². The van der Waals surface area contributed by atoms with Gasteiger partial charge in [0.2, 0.25) is 0 Å². The number of ether oxygens (including phenoxy) is 1. The molecule has 14 heavy (non-hydrogen) atoms. The lowest BCUT2D eigenvalue weighted by molar-refractivity contribution is 0.101. The summed E-state index contributed by atoms with van der Waals surface area (Å²) in [7, 11) is 0. The first-order valence-electron chi connectivity index (χ1n) is 6.10. The van der Waals surface area contributed by atoms with Gasteiger partial charge in [0, 0.05) is 12.0 Å². The zero-order chi connectivity index (χ0) is 9.80. The molecule has 2 fully saturated rings. The van der Waals surface area contributed by atoms with Crippen molar-refractivity contribution in [2.45, 2.75) is 62.8 Å². The molecule has 0 aromatic heterocycles. The molecular weight excluding hydrogens is 196 g/mol. The van der Waals surface area contributed by atoms with Crippen LogP contribution in [-0.4, -0.2) is 18.1 Å². The Kier molecular flexibility index (Phi) is 4.12. The number of alkyl halides is 1. The summed E-state index contributed by atoms with van der Waals surface area (Å²) in [6.45, 7) is 0.998. The van der Waals surface area contributed by atoms with Crippen LogP contribution in [0.2, 0.25) is 0 Å². The fraction of sp³-hybridized carbons (Fsp3) is 1.00. The van der Waals surface area contributed by atoms with Gasteiger partial charge in [0.1, 0.15) is 0 Å². The van der Waals surface area contributed by atoms with Crippen LogP contribution >= 0.6 is 11.6 Å². The van der Waals surface area contributed by atoms with E-state index in [4.69, 9.17) is 16.3 Å². The average molecular weight is 217 g/mol. The highest BCUT2D eigenvalue weighted by atomic mass is 35.5. The van der Waals surface area contributed by atoms with Crippen molar-refractivity contribution in [2.24, 2.45) is 5.92 Å². The van der Waals surface area contributed by atoms with Gasteiger partial charge in [-0.2, -0.15) is 0 Å². The summed E-state index contributed by atoms with van der Waals surface area (Å²) in [5.74, 6) is 0.916. The van der Waals surface area contributed by atoms with Crippen LogP contribution in [0.3, 0.4) is 0 Å². The second kappa shape index (κ2) is 5.37. The Morgan fingerprint density at radius 3 is 2.71 bits per heavy atom. The number of halogens is 1. The van der Waals surface area contributed by atoms with Crippen molar-refractivity contribution in [3.63, 3.8) is 0 Å². The zero-order valence-electron chi connectivity index (χ0n) is 8.88. The fourth-order valence-electron chi connectivity index (χ4n) is 2.78. The Morgan fingerprint density at radius 1 is 1.14 bits per heavy atom. The second-order valence-electron chi connectivity index (χ2n) is 4.84. The van der Waals surface area contributed by atoms with E-state index in [9.17, 15) is 0 Å². The molecule has 0 aromatic rings. The SMILES string of the molecule is ClC1CCC(CCCC2CCCO2)C1. The van der Waals surface area contributed by atoms with Gasteiger partial charge in [0.15, 0.2) is 0 Å². The van der Waals surface area contributed by atoms with Crippen LogP contribution in [0.4, 0.5) is 0 Å². The number of hydrogen-bond donors (Lipinski definition) is 0. The van der Waals surface area contributed by atoms with E-state index >= 15 is 0 Å². The largest absolute Gasteiger partial charge is 0.378 e. The highest BCUT2D eigenvalue weighted by molar-refractivity contribution is 6.20. The maximum atomic E-state index is 6.09. The molecule has 0 aromatic carbocycles. The Balaban J connectivity index is 1.54. The molecule has 1 saturated carbocycles. The van der Waals surface area contributed by atoms with Crippen LogP contribution in [0, 0.1) is 5.92 Å². The van der Waals surface area contributed by atoms with E-state index < -0.39 is 0 Å². The molecule has 1 aliphatic carbocycles. The monoisotopic (exact) mass is 216 g/mol. The van der Waals surface area contributed by atoms with Crippen molar-refractivity contribution in [1.82, 2.24) is 0 Å². The van der Waals surface area contributed by atoms with Crippen LogP contribution in [0.5, 0.6) is 0 Å². The van der Waals surface area contributed by atoms with Gasteiger partial charge in [0.25, 0.3) is 0 Å². The molecule has 0 bridgehead atoms. The van der Waals surface area contributed by atoms with Gasteiger partial charge >= 0.3 is 0 Å². The molecule has 1 heterocycles. The van der Waals surface area contributed by atoms with Crippen molar-refractivity contribution in [3.05, 3.63) is 0 Å². The van der Waals surface area contributed by atoms with Gasteiger partial charge in [-0.25, -0.2) is 0 Å². The summed E-state index contributed by atoms with van der Waals surface area (Å²) in [6.07, 6.45) is 11.0. The average Bonchev–Trinajstić information content (AvgIpc) is 2.77. The molecule has 1 saturated heterocycles. The van der Waals surface area contributed by atoms with Crippen molar-refractivity contribution < 1.29 is 4.74 Å². The number of rotatable bonds is 4. The van der Waals surface area contributed by atoms with E-state index in [1.807, 2.05) is 0 Å². The molecule has 3 unspecified atom stereocenters. The fourth-order valence-corrected chi connectivity index (χ4v) is 3.16.